The van der Waals surface area contributed by atoms with Crippen molar-refractivity contribution in [2.24, 2.45) is 11.8 Å². The fraction of sp³-hybridized carbons (Fsp3) is 0.417. The number of nitrogens with one attached hydrogen (secondary N) is 1. The van der Waals surface area contributed by atoms with E-state index in [1.54, 1.807) is 18.3 Å². The highest BCUT2D eigenvalue weighted by molar-refractivity contribution is 9.10. The Kier molecular flexibility index (Phi) is 3.96. The minimum absolute atomic E-state index is 0.122. The summed E-state index contributed by atoms with van der Waals surface area (Å²) in [5, 5.41) is 11.6. The molecule has 0 saturated heterocycles. The first kappa shape index (κ1) is 13.0. The Morgan fingerprint density at radius 2 is 2.06 bits per heavy atom. The van der Waals surface area contributed by atoms with E-state index >= 15 is 0 Å². The third-order valence-corrected chi connectivity index (χ3v) is 3.62. The maximum absolute atomic E-state index is 11.9. The zero-order chi connectivity index (χ0) is 13.1. The Balaban J connectivity index is 1.93. The van der Waals surface area contributed by atoms with Crippen molar-refractivity contribution in [3.8, 4) is 0 Å². The second kappa shape index (κ2) is 5.48. The molecule has 1 amide bonds. The number of carbonyl (C=O) groups excluding carboxylic acids is 1. The van der Waals surface area contributed by atoms with Crippen LogP contribution < -0.4 is 5.32 Å². The zero-order valence-electron chi connectivity index (χ0n) is 9.60. The third-order valence-electron chi connectivity index (χ3n) is 3.15. The number of anilines is 1. The number of hydrogen-bond donors (Lipinski definition) is 2. The number of amides is 1. The van der Waals surface area contributed by atoms with Crippen LogP contribution in [0.3, 0.4) is 0 Å². The molecule has 0 unspecified atom stereocenters. The molecule has 18 heavy (non-hydrogen) atoms. The highest BCUT2D eigenvalue weighted by Gasteiger charge is 2.33. The molecule has 6 heteroatoms. The number of hydrogen-bond acceptors (Lipinski definition) is 3. The number of carboxylic acids is 1. The molecule has 1 aliphatic rings. The first-order valence-electron chi connectivity index (χ1n) is 5.71. The third kappa shape index (κ3) is 3.07. The highest BCUT2D eigenvalue weighted by Crippen LogP contribution is 2.31. The van der Waals surface area contributed by atoms with Crippen molar-refractivity contribution in [3.63, 3.8) is 0 Å². The summed E-state index contributed by atoms with van der Waals surface area (Å²) in [4.78, 5) is 26.8. The molecule has 0 aliphatic heterocycles. The van der Waals surface area contributed by atoms with Crippen LogP contribution in [0.15, 0.2) is 22.9 Å². The summed E-state index contributed by atoms with van der Waals surface area (Å²) in [7, 11) is 0. The van der Waals surface area contributed by atoms with Gasteiger partial charge in [-0.25, -0.2) is 4.98 Å². The quantitative estimate of drug-likeness (QED) is 0.839. The molecule has 2 rings (SSSR count). The zero-order valence-corrected chi connectivity index (χ0v) is 11.2. The predicted octanol–water partition coefficient (Wildman–Crippen LogP) is 2.28. The van der Waals surface area contributed by atoms with Gasteiger partial charge in [-0.15, -0.1) is 0 Å². The van der Waals surface area contributed by atoms with Crippen LogP contribution in [0.5, 0.6) is 0 Å². The van der Waals surface area contributed by atoms with Gasteiger partial charge in [-0.1, -0.05) is 0 Å². The second-order valence-electron chi connectivity index (χ2n) is 4.40. The highest BCUT2D eigenvalue weighted by atomic mass is 79.9. The molecule has 1 aromatic rings. The van der Waals surface area contributed by atoms with E-state index in [1.165, 1.54) is 0 Å². The summed E-state index contributed by atoms with van der Waals surface area (Å²) < 4.78 is 0.701. The van der Waals surface area contributed by atoms with E-state index in [0.717, 1.165) is 0 Å². The maximum Gasteiger partial charge on any atom is 0.306 e. The molecule has 0 bridgehead atoms. The molecular formula is C12H13BrN2O3. The van der Waals surface area contributed by atoms with Gasteiger partial charge in [0, 0.05) is 5.92 Å². The van der Waals surface area contributed by atoms with E-state index in [-0.39, 0.29) is 17.7 Å². The van der Waals surface area contributed by atoms with Crippen LogP contribution in [0.1, 0.15) is 19.3 Å². The molecule has 0 spiro atoms. The molecule has 1 heterocycles. The van der Waals surface area contributed by atoms with Crippen molar-refractivity contribution in [1.29, 1.82) is 0 Å². The van der Waals surface area contributed by atoms with Crippen molar-refractivity contribution < 1.29 is 14.7 Å². The molecular weight excluding hydrogens is 300 g/mol. The lowest BCUT2D eigenvalue weighted by Gasteiger charge is -2.10. The first-order valence-corrected chi connectivity index (χ1v) is 6.51. The number of carboxylic acid groups (broad SMARTS) is 1. The number of halogens is 1. The normalized spacial score (nSPS) is 22.7. The Bertz CT molecular complexity index is 461. The summed E-state index contributed by atoms with van der Waals surface area (Å²) in [6, 6.07) is 3.49. The van der Waals surface area contributed by atoms with Crippen LogP contribution in [-0.2, 0) is 9.59 Å². The summed E-state index contributed by atoms with van der Waals surface area (Å²) in [6.07, 6.45) is 3.19. The van der Waals surface area contributed by atoms with Crippen LogP contribution in [0.4, 0.5) is 5.69 Å². The predicted molar refractivity (Wildman–Crippen MR) is 69.0 cm³/mol. The van der Waals surface area contributed by atoms with Crippen molar-refractivity contribution in [3.05, 3.63) is 22.9 Å². The fourth-order valence-electron chi connectivity index (χ4n) is 2.14. The lowest BCUT2D eigenvalue weighted by molar-refractivity contribution is -0.141. The Morgan fingerprint density at radius 3 is 2.61 bits per heavy atom. The second-order valence-corrected chi connectivity index (χ2v) is 5.22. The van der Waals surface area contributed by atoms with Gasteiger partial charge in [0.15, 0.2) is 0 Å². The van der Waals surface area contributed by atoms with E-state index in [4.69, 9.17) is 5.11 Å². The smallest absolute Gasteiger partial charge is 0.306 e. The van der Waals surface area contributed by atoms with E-state index in [1.807, 2.05) is 0 Å². The van der Waals surface area contributed by atoms with Gasteiger partial charge in [0.1, 0.15) is 4.60 Å². The van der Waals surface area contributed by atoms with Gasteiger partial charge in [0.25, 0.3) is 0 Å². The van der Waals surface area contributed by atoms with E-state index < -0.39 is 5.97 Å². The topological polar surface area (TPSA) is 79.3 Å². The Labute approximate surface area is 113 Å². The average Bonchev–Trinajstić information content (AvgIpc) is 2.81. The first-order chi connectivity index (χ1) is 8.56. The average molecular weight is 313 g/mol. The lowest BCUT2D eigenvalue weighted by atomic mass is 10.0. The number of carbonyl (C=O) groups is 2. The summed E-state index contributed by atoms with van der Waals surface area (Å²) in [5.74, 6) is -1.53. The van der Waals surface area contributed by atoms with Crippen molar-refractivity contribution in [2.75, 3.05) is 5.32 Å². The standard InChI is InChI=1S/C12H13BrN2O3/c13-10-4-3-9(6-14-10)15-11(16)7-1-2-8(5-7)12(17)18/h3-4,6-8H,1-2,5H2,(H,15,16)(H,17,18)/t7-,8+/m1/s1. The van der Waals surface area contributed by atoms with Crippen molar-refractivity contribution >= 4 is 33.5 Å². The minimum atomic E-state index is -0.810. The summed E-state index contributed by atoms with van der Waals surface area (Å²) >= 11 is 3.21. The summed E-state index contributed by atoms with van der Waals surface area (Å²) in [6.45, 7) is 0. The molecule has 0 aromatic carbocycles. The van der Waals surface area contributed by atoms with Crippen LogP contribution in [-0.4, -0.2) is 22.0 Å². The van der Waals surface area contributed by atoms with Gasteiger partial charge in [-0.2, -0.15) is 0 Å². The van der Waals surface area contributed by atoms with Crippen LogP contribution in [0.2, 0.25) is 0 Å². The molecule has 1 aliphatic carbocycles. The van der Waals surface area contributed by atoms with Gasteiger partial charge in [-0.05, 0) is 47.3 Å². The summed E-state index contributed by atoms with van der Waals surface area (Å²) in [5.41, 5.74) is 0.627. The van der Waals surface area contributed by atoms with Gasteiger partial charge in [0.05, 0.1) is 17.8 Å². The molecule has 1 saturated carbocycles. The molecule has 96 valence electrons. The van der Waals surface area contributed by atoms with Crippen LogP contribution in [0.25, 0.3) is 0 Å². The van der Waals surface area contributed by atoms with Gasteiger partial charge >= 0.3 is 5.97 Å². The van der Waals surface area contributed by atoms with Gasteiger partial charge in [0.2, 0.25) is 5.91 Å². The largest absolute Gasteiger partial charge is 0.481 e. The molecule has 2 atom stereocenters. The molecule has 1 aromatic heterocycles. The molecule has 2 N–H and O–H groups in total. The number of nitrogens with zero attached hydrogens (tertiary/aromatic N) is 1. The van der Waals surface area contributed by atoms with Gasteiger partial charge < -0.3 is 10.4 Å². The number of pyridine rings is 1. The van der Waals surface area contributed by atoms with Crippen LogP contribution in [0, 0.1) is 11.8 Å². The minimum Gasteiger partial charge on any atom is -0.481 e. The monoisotopic (exact) mass is 312 g/mol. The maximum atomic E-state index is 11.9. The van der Waals surface area contributed by atoms with E-state index in [2.05, 4.69) is 26.2 Å². The number of aliphatic carboxylic acids is 1. The van der Waals surface area contributed by atoms with Crippen LogP contribution >= 0.6 is 15.9 Å². The SMILES string of the molecule is O=C(O)[C@H]1CC[C@@H](C(=O)Nc2ccc(Br)nc2)C1. The van der Waals surface area contributed by atoms with Crippen molar-refractivity contribution in [2.45, 2.75) is 19.3 Å². The molecule has 5 nitrogen and oxygen atoms in total. The van der Waals surface area contributed by atoms with Gasteiger partial charge in [-0.3, -0.25) is 9.59 Å². The number of aromatic nitrogens is 1. The fourth-order valence-corrected chi connectivity index (χ4v) is 2.37. The van der Waals surface area contributed by atoms with Crippen molar-refractivity contribution in [1.82, 2.24) is 4.98 Å². The van der Waals surface area contributed by atoms with E-state index in [0.29, 0.717) is 29.6 Å². The lowest BCUT2D eigenvalue weighted by Crippen LogP contribution is -2.21. The molecule has 0 radical (unpaired) electrons. The van der Waals surface area contributed by atoms with E-state index in [9.17, 15) is 9.59 Å². The molecule has 1 fully saturated rings. The Morgan fingerprint density at radius 1 is 1.33 bits per heavy atom. The number of rotatable bonds is 3. The Hall–Kier alpha value is -1.43.